The molecule has 2 N–H and O–H groups in total. The van der Waals surface area contributed by atoms with E-state index in [0.717, 1.165) is 0 Å². The molecule has 0 atom stereocenters. The largest absolute Gasteiger partial charge is 0.280 e. The number of halogens is 1. The lowest BCUT2D eigenvalue weighted by atomic mass is 10.2. The summed E-state index contributed by atoms with van der Waals surface area (Å²) in [5.74, 6) is 0. The van der Waals surface area contributed by atoms with E-state index in [2.05, 4.69) is 14.9 Å². The molecule has 2 rings (SSSR count). The molecule has 0 saturated heterocycles. The second-order valence-electron chi connectivity index (χ2n) is 4.17. The predicted octanol–water partition coefficient (Wildman–Crippen LogP) is 2.35. The minimum Gasteiger partial charge on any atom is -0.280 e. The van der Waals surface area contributed by atoms with Crippen LogP contribution in [0.1, 0.15) is 17.0 Å². The molecule has 1 aromatic carbocycles. The summed E-state index contributed by atoms with van der Waals surface area (Å²) in [6.07, 6.45) is 0. The highest BCUT2D eigenvalue weighted by atomic mass is 35.5. The van der Waals surface area contributed by atoms with Crippen molar-refractivity contribution in [3.63, 3.8) is 0 Å². The van der Waals surface area contributed by atoms with E-state index in [9.17, 15) is 8.42 Å². The fourth-order valence-corrected chi connectivity index (χ4v) is 3.14. The van der Waals surface area contributed by atoms with Gasteiger partial charge in [-0.05, 0) is 32.0 Å². The standard InChI is InChI=1S/C12H11ClN4O2S/c1-7-12(8(2)16-15-7)17-20(18,19)10-4-3-9(6-14)11(13)5-10/h3-5,17H,1-2H3,(H,15,16). The summed E-state index contributed by atoms with van der Waals surface area (Å²) in [6.45, 7) is 3.40. The molecule has 0 bridgehead atoms. The van der Waals surface area contributed by atoms with Gasteiger partial charge in [-0.2, -0.15) is 10.4 Å². The Bertz CT molecular complexity index is 786. The molecule has 20 heavy (non-hydrogen) atoms. The van der Waals surface area contributed by atoms with Crippen LogP contribution in [0.5, 0.6) is 0 Å². The summed E-state index contributed by atoms with van der Waals surface area (Å²) in [4.78, 5) is -0.0125. The zero-order chi connectivity index (χ0) is 14.9. The number of hydrogen-bond donors (Lipinski definition) is 2. The van der Waals surface area contributed by atoms with Crippen LogP contribution in [0.25, 0.3) is 0 Å². The highest BCUT2D eigenvalue weighted by Crippen LogP contribution is 2.24. The van der Waals surface area contributed by atoms with Crippen molar-refractivity contribution >= 4 is 27.3 Å². The smallest absolute Gasteiger partial charge is 0.262 e. The number of nitriles is 1. The van der Waals surface area contributed by atoms with Crippen LogP contribution in [0, 0.1) is 25.2 Å². The maximum absolute atomic E-state index is 12.3. The number of nitrogens with one attached hydrogen (secondary N) is 2. The molecule has 0 radical (unpaired) electrons. The zero-order valence-corrected chi connectivity index (χ0v) is 12.3. The SMILES string of the molecule is Cc1n[nH]c(C)c1NS(=O)(=O)c1ccc(C#N)c(Cl)c1. The maximum Gasteiger partial charge on any atom is 0.262 e. The molecular formula is C12H11ClN4O2S. The van der Waals surface area contributed by atoms with Gasteiger partial charge in [0.1, 0.15) is 6.07 Å². The van der Waals surface area contributed by atoms with Crippen LogP contribution in [0.4, 0.5) is 5.69 Å². The van der Waals surface area contributed by atoms with E-state index in [1.807, 2.05) is 6.07 Å². The van der Waals surface area contributed by atoms with E-state index in [4.69, 9.17) is 16.9 Å². The van der Waals surface area contributed by atoms with Crippen molar-refractivity contribution in [2.45, 2.75) is 18.7 Å². The predicted molar refractivity (Wildman–Crippen MR) is 75.0 cm³/mol. The minimum atomic E-state index is -3.78. The summed E-state index contributed by atoms with van der Waals surface area (Å²) in [6, 6.07) is 5.82. The van der Waals surface area contributed by atoms with Gasteiger partial charge < -0.3 is 0 Å². The van der Waals surface area contributed by atoms with Gasteiger partial charge >= 0.3 is 0 Å². The monoisotopic (exact) mass is 310 g/mol. The Morgan fingerprint density at radius 2 is 2.10 bits per heavy atom. The number of anilines is 1. The molecule has 0 fully saturated rings. The lowest BCUT2D eigenvalue weighted by Crippen LogP contribution is -2.14. The summed E-state index contributed by atoms with van der Waals surface area (Å²) in [7, 11) is -3.78. The molecule has 1 heterocycles. The van der Waals surface area contributed by atoms with Gasteiger partial charge in [-0.1, -0.05) is 11.6 Å². The maximum atomic E-state index is 12.3. The van der Waals surface area contributed by atoms with Gasteiger partial charge in [0.25, 0.3) is 10.0 Å². The molecule has 0 amide bonds. The number of nitrogens with zero attached hydrogens (tertiary/aromatic N) is 2. The van der Waals surface area contributed by atoms with Crippen LogP contribution in [-0.2, 0) is 10.0 Å². The Balaban J connectivity index is 2.42. The molecule has 0 saturated carbocycles. The van der Waals surface area contributed by atoms with Crippen molar-refractivity contribution in [2.24, 2.45) is 0 Å². The van der Waals surface area contributed by atoms with Crippen LogP contribution in [0.3, 0.4) is 0 Å². The van der Waals surface area contributed by atoms with Crippen molar-refractivity contribution < 1.29 is 8.42 Å². The normalized spacial score (nSPS) is 11.1. The highest BCUT2D eigenvalue weighted by Gasteiger charge is 2.19. The first-order valence-electron chi connectivity index (χ1n) is 5.59. The molecule has 8 heteroatoms. The van der Waals surface area contributed by atoms with Crippen LogP contribution in [-0.4, -0.2) is 18.6 Å². The van der Waals surface area contributed by atoms with Crippen molar-refractivity contribution in [3.05, 3.63) is 40.2 Å². The Hall–Kier alpha value is -2.04. The second-order valence-corrected chi connectivity index (χ2v) is 6.26. The summed E-state index contributed by atoms with van der Waals surface area (Å²) in [5, 5.41) is 15.5. The number of sulfonamides is 1. The molecule has 0 aliphatic rings. The van der Waals surface area contributed by atoms with E-state index >= 15 is 0 Å². The van der Waals surface area contributed by atoms with Gasteiger partial charge in [0, 0.05) is 0 Å². The van der Waals surface area contributed by atoms with E-state index in [1.54, 1.807) is 13.8 Å². The lowest BCUT2D eigenvalue weighted by Gasteiger charge is -2.08. The van der Waals surface area contributed by atoms with E-state index in [-0.39, 0.29) is 15.5 Å². The molecule has 0 unspecified atom stereocenters. The first-order chi connectivity index (χ1) is 9.35. The van der Waals surface area contributed by atoms with Gasteiger partial charge in [0.05, 0.1) is 32.6 Å². The van der Waals surface area contributed by atoms with Gasteiger partial charge in [0.2, 0.25) is 0 Å². The molecule has 0 spiro atoms. The van der Waals surface area contributed by atoms with Crippen LogP contribution >= 0.6 is 11.6 Å². The average Bonchev–Trinajstić information content (AvgIpc) is 2.70. The average molecular weight is 311 g/mol. The van der Waals surface area contributed by atoms with E-state index in [0.29, 0.717) is 17.1 Å². The number of hydrogen-bond acceptors (Lipinski definition) is 4. The van der Waals surface area contributed by atoms with Crippen LogP contribution in [0.2, 0.25) is 5.02 Å². The van der Waals surface area contributed by atoms with Crippen molar-refractivity contribution in [2.75, 3.05) is 4.72 Å². The van der Waals surface area contributed by atoms with Gasteiger partial charge in [-0.25, -0.2) is 8.42 Å². The number of benzene rings is 1. The number of rotatable bonds is 3. The first kappa shape index (κ1) is 14.4. The Kier molecular flexibility index (Phi) is 3.70. The third kappa shape index (κ3) is 2.61. The zero-order valence-electron chi connectivity index (χ0n) is 10.7. The minimum absolute atomic E-state index is 0.0125. The van der Waals surface area contributed by atoms with Crippen molar-refractivity contribution in [1.29, 1.82) is 5.26 Å². The quantitative estimate of drug-likeness (QED) is 0.909. The number of aromatic amines is 1. The molecule has 0 aliphatic heterocycles. The van der Waals surface area contributed by atoms with Crippen LogP contribution < -0.4 is 4.72 Å². The number of H-pyrrole nitrogens is 1. The van der Waals surface area contributed by atoms with Gasteiger partial charge in [0.15, 0.2) is 0 Å². The molecule has 104 valence electrons. The van der Waals surface area contributed by atoms with Crippen molar-refractivity contribution in [1.82, 2.24) is 10.2 Å². The molecule has 2 aromatic rings. The Morgan fingerprint density at radius 3 is 2.60 bits per heavy atom. The number of aromatic nitrogens is 2. The number of aryl methyl sites for hydroxylation is 2. The van der Waals surface area contributed by atoms with E-state index < -0.39 is 10.0 Å². The van der Waals surface area contributed by atoms with Gasteiger partial charge in [-0.15, -0.1) is 0 Å². The van der Waals surface area contributed by atoms with E-state index in [1.165, 1.54) is 18.2 Å². The second kappa shape index (κ2) is 5.15. The molecule has 6 nitrogen and oxygen atoms in total. The third-order valence-corrected chi connectivity index (χ3v) is 4.40. The summed E-state index contributed by atoms with van der Waals surface area (Å²) < 4.78 is 27.0. The molecule has 0 aliphatic carbocycles. The summed E-state index contributed by atoms with van der Waals surface area (Å²) >= 11 is 5.85. The van der Waals surface area contributed by atoms with Gasteiger partial charge in [-0.3, -0.25) is 9.82 Å². The lowest BCUT2D eigenvalue weighted by molar-refractivity contribution is 0.601. The molecular weight excluding hydrogens is 300 g/mol. The Morgan fingerprint density at radius 1 is 1.40 bits per heavy atom. The van der Waals surface area contributed by atoms with Crippen LogP contribution in [0.15, 0.2) is 23.1 Å². The fourth-order valence-electron chi connectivity index (χ4n) is 1.65. The summed E-state index contributed by atoms with van der Waals surface area (Å²) in [5.41, 5.74) is 1.79. The topological polar surface area (TPSA) is 98.6 Å². The van der Waals surface area contributed by atoms with Crippen molar-refractivity contribution in [3.8, 4) is 6.07 Å². The first-order valence-corrected chi connectivity index (χ1v) is 7.45. The molecule has 1 aromatic heterocycles. The fraction of sp³-hybridized carbons (Fsp3) is 0.167. The third-order valence-electron chi connectivity index (χ3n) is 2.74. The highest BCUT2D eigenvalue weighted by molar-refractivity contribution is 7.92. The Labute approximate surface area is 121 Å².